The number of hydrogen-bond donors (Lipinski definition) is 2. The molecule has 0 aliphatic heterocycles. The second kappa shape index (κ2) is 9.40. The van der Waals surface area contributed by atoms with E-state index in [1.807, 2.05) is 0 Å². The highest BCUT2D eigenvalue weighted by Gasteiger charge is 2.49. The molecule has 35 heavy (non-hydrogen) atoms. The van der Waals surface area contributed by atoms with Crippen molar-refractivity contribution in [2.45, 2.75) is 64.6 Å². The van der Waals surface area contributed by atoms with E-state index < -0.39 is 39.4 Å². The Morgan fingerprint density at radius 2 is 1.86 bits per heavy atom. The van der Waals surface area contributed by atoms with Gasteiger partial charge >= 0.3 is 6.18 Å². The Bertz CT molecular complexity index is 1240. The summed E-state index contributed by atoms with van der Waals surface area (Å²) in [6.45, 7) is 5.44. The van der Waals surface area contributed by atoms with E-state index >= 15 is 0 Å². The van der Waals surface area contributed by atoms with Gasteiger partial charge in [0.15, 0.2) is 0 Å². The van der Waals surface area contributed by atoms with Crippen molar-refractivity contribution in [3.8, 4) is 0 Å². The lowest BCUT2D eigenvalue weighted by Gasteiger charge is -2.30. The Morgan fingerprint density at radius 3 is 2.46 bits per heavy atom. The van der Waals surface area contributed by atoms with E-state index in [0.29, 0.717) is 30.5 Å². The standard InChI is InChI=1S/C24H29F4N3O3S/c1-13-10-17(18(25)12-20(13)31-35(5,33)34)14(2)29-22(32)16-6-8-19-15(11-16)7-9-21(30-19)23(3,4)24(26,27)28/h7,9-10,12,14,16,31H,6,8,11H2,1-5H3,(H,29,32)/t14-,16?/m1/s1. The number of alkyl halides is 3. The molecule has 1 amide bonds. The number of nitrogens with zero attached hydrogens (tertiary/aromatic N) is 1. The first kappa shape index (κ1) is 26.9. The lowest BCUT2D eigenvalue weighted by atomic mass is 9.83. The van der Waals surface area contributed by atoms with E-state index in [2.05, 4.69) is 15.0 Å². The highest BCUT2D eigenvalue weighted by Crippen LogP contribution is 2.40. The number of amides is 1. The number of carbonyl (C=O) groups is 1. The van der Waals surface area contributed by atoms with Crippen molar-refractivity contribution in [3.05, 3.63) is 58.2 Å². The molecule has 0 saturated heterocycles. The molecule has 0 saturated carbocycles. The van der Waals surface area contributed by atoms with Crippen LogP contribution in [-0.4, -0.2) is 31.7 Å². The number of pyridine rings is 1. The number of anilines is 1. The number of nitrogens with one attached hydrogen (secondary N) is 2. The lowest BCUT2D eigenvalue weighted by molar-refractivity contribution is -0.181. The van der Waals surface area contributed by atoms with E-state index in [0.717, 1.165) is 31.7 Å². The molecule has 2 N–H and O–H groups in total. The molecule has 11 heteroatoms. The third-order valence-electron chi connectivity index (χ3n) is 6.45. The van der Waals surface area contributed by atoms with Crippen LogP contribution >= 0.6 is 0 Å². The molecule has 3 rings (SSSR count). The smallest absolute Gasteiger partial charge is 0.349 e. The first-order valence-corrected chi connectivity index (χ1v) is 13.0. The molecule has 2 aromatic rings. The van der Waals surface area contributed by atoms with Crippen molar-refractivity contribution in [1.29, 1.82) is 0 Å². The van der Waals surface area contributed by atoms with Gasteiger partial charge in [0, 0.05) is 17.2 Å². The van der Waals surface area contributed by atoms with E-state index in [-0.39, 0.29) is 22.9 Å². The first-order valence-electron chi connectivity index (χ1n) is 11.1. The van der Waals surface area contributed by atoms with Gasteiger partial charge in [0.25, 0.3) is 0 Å². The Hall–Kier alpha value is -2.69. The molecule has 192 valence electrons. The number of halogens is 4. The van der Waals surface area contributed by atoms with Gasteiger partial charge in [-0.05, 0) is 76.3 Å². The third kappa shape index (κ3) is 5.94. The van der Waals surface area contributed by atoms with Crippen LogP contribution in [0.4, 0.5) is 23.2 Å². The molecule has 2 atom stereocenters. The minimum Gasteiger partial charge on any atom is -0.349 e. The first-order chi connectivity index (χ1) is 16.0. The fourth-order valence-electron chi connectivity index (χ4n) is 4.08. The van der Waals surface area contributed by atoms with Crippen molar-refractivity contribution in [1.82, 2.24) is 10.3 Å². The van der Waals surface area contributed by atoms with Crippen LogP contribution in [-0.2, 0) is 33.1 Å². The third-order valence-corrected chi connectivity index (χ3v) is 7.04. The minimum atomic E-state index is -4.44. The average Bonchev–Trinajstić information content (AvgIpc) is 2.73. The van der Waals surface area contributed by atoms with Gasteiger partial charge < -0.3 is 5.32 Å². The number of rotatable bonds is 6. The van der Waals surface area contributed by atoms with Gasteiger partial charge in [-0.1, -0.05) is 6.07 Å². The maximum Gasteiger partial charge on any atom is 0.399 e. The summed E-state index contributed by atoms with van der Waals surface area (Å²) in [7, 11) is -3.57. The SMILES string of the molecule is Cc1cc([C@@H](C)NC(=O)C2CCc3nc(C(C)(C)C(F)(F)F)ccc3C2)c(F)cc1NS(C)(=O)=O. The summed E-state index contributed by atoms with van der Waals surface area (Å²) in [5, 5.41) is 2.80. The summed E-state index contributed by atoms with van der Waals surface area (Å²) >= 11 is 0. The molecule has 1 aromatic heterocycles. The van der Waals surface area contributed by atoms with Crippen molar-refractivity contribution < 1.29 is 30.8 Å². The second-order valence-corrected chi connectivity index (χ2v) is 11.4. The minimum absolute atomic E-state index is 0.0556. The zero-order valence-electron chi connectivity index (χ0n) is 20.2. The molecule has 0 radical (unpaired) electrons. The Labute approximate surface area is 202 Å². The summed E-state index contributed by atoms with van der Waals surface area (Å²) < 4.78 is 80.0. The monoisotopic (exact) mass is 515 g/mol. The molecular weight excluding hydrogens is 486 g/mol. The number of aromatic nitrogens is 1. The normalized spacial score (nSPS) is 17.5. The van der Waals surface area contributed by atoms with E-state index in [4.69, 9.17) is 0 Å². The Morgan fingerprint density at radius 1 is 1.20 bits per heavy atom. The molecule has 6 nitrogen and oxygen atoms in total. The van der Waals surface area contributed by atoms with E-state index in [9.17, 15) is 30.8 Å². The Kier molecular flexibility index (Phi) is 7.23. The maximum atomic E-state index is 14.7. The van der Waals surface area contributed by atoms with Crippen LogP contribution in [0.2, 0.25) is 0 Å². The molecule has 1 aliphatic carbocycles. The molecule has 1 aromatic carbocycles. The van der Waals surface area contributed by atoms with Crippen molar-refractivity contribution in [2.75, 3.05) is 11.0 Å². The zero-order chi connectivity index (χ0) is 26.3. The van der Waals surface area contributed by atoms with Crippen LogP contribution in [0.25, 0.3) is 0 Å². The average molecular weight is 516 g/mol. The van der Waals surface area contributed by atoms with Crippen LogP contribution in [0.5, 0.6) is 0 Å². The van der Waals surface area contributed by atoms with Gasteiger partial charge in [-0.15, -0.1) is 0 Å². The van der Waals surface area contributed by atoms with Crippen molar-refractivity contribution in [2.24, 2.45) is 5.92 Å². The fourth-order valence-corrected chi connectivity index (χ4v) is 4.70. The van der Waals surface area contributed by atoms with Gasteiger partial charge in [0.2, 0.25) is 15.9 Å². The quantitative estimate of drug-likeness (QED) is 0.545. The summed E-state index contributed by atoms with van der Waals surface area (Å²) in [6, 6.07) is 4.85. The van der Waals surface area contributed by atoms with Crippen LogP contribution in [0.1, 0.15) is 61.3 Å². The summed E-state index contributed by atoms with van der Waals surface area (Å²) in [4.78, 5) is 17.2. The van der Waals surface area contributed by atoms with Crippen molar-refractivity contribution in [3.63, 3.8) is 0 Å². The number of sulfonamides is 1. The second-order valence-electron chi connectivity index (χ2n) is 9.66. The van der Waals surface area contributed by atoms with Crippen molar-refractivity contribution >= 4 is 21.6 Å². The van der Waals surface area contributed by atoms with Crippen LogP contribution < -0.4 is 10.0 Å². The topological polar surface area (TPSA) is 88.2 Å². The summed E-state index contributed by atoms with van der Waals surface area (Å²) in [5.74, 6) is -1.38. The predicted molar refractivity (Wildman–Crippen MR) is 125 cm³/mol. The largest absolute Gasteiger partial charge is 0.399 e. The molecule has 0 spiro atoms. The highest BCUT2D eigenvalue weighted by atomic mass is 32.2. The lowest BCUT2D eigenvalue weighted by Crippen LogP contribution is -2.38. The summed E-state index contributed by atoms with van der Waals surface area (Å²) in [6.07, 6.45) is -2.37. The molecule has 1 aliphatic rings. The number of aryl methyl sites for hydroxylation is 2. The highest BCUT2D eigenvalue weighted by molar-refractivity contribution is 7.92. The van der Waals surface area contributed by atoms with Gasteiger partial charge in [0.05, 0.1) is 23.7 Å². The number of carbonyl (C=O) groups excluding carboxylic acids is 1. The molecular formula is C24H29F4N3O3S. The Balaban J connectivity index is 1.72. The number of fused-ring (bicyclic) bond motifs is 1. The molecule has 0 fully saturated rings. The predicted octanol–water partition coefficient (Wildman–Crippen LogP) is 4.72. The van der Waals surface area contributed by atoms with Crippen LogP contribution in [0.3, 0.4) is 0 Å². The summed E-state index contributed by atoms with van der Waals surface area (Å²) in [5.41, 5.74) is -0.0107. The zero-order valence-corrected chi connectivity index (χ0v) is 21.0. The molecule has 1 unspecified atom stereocenters. The maximum absolute atomic E-state index is 14.7. The molecule has 1 heterocycles. The van der Waals surface area contributed by atoms with Gasteiger partial charge in [-0.2, -0.15) is 13.2 Å². The van der Waals surface area contributed by atoms with Gasteiger partial charge in [-0.25, -0.2) is 12.8 Å². The number of benzene rings is 1. The molecule has 0 bridgehead atoms. The van der Waals surface area contributed by atoms with Crippen LogP contribution in [0, 0.1) is 18.7 Å². The van der Waals surface area contributed by atoms with E-state index in [1.54, 1.807) is 19.9 Å². The van der Waals surface area contributed by atoms with Crippen LogP contribution in [0.15, 0.2) is 24.3 Å². The fraction of sp³-hybridized carbons (Fsp3) is 0.500. The van der Waals surface area contributed by atoms with Gasteiger partial charge in [-0.3, -0.25) is 14.5 Å². The van der Waals surface area contributed by atoms with Gasteiger partial charge in [0.1, 0.15) is 11.2 Å². The van der Waals surface area contributed by atoms with E-state index in [1.165, 1.54) is 12.1 Å². The number of hydrogen-bond acceptors (Lipinski definition) is 4.